The van der Waals surface area contributed by atoms with Gasteiger partial charge in [-0.2, -0.15) is 13.2 Å². The van der Waals surface area contributed by atoms with Gasteiger partial charge in [-0.1, -0.05) is 18.5 Å². The lowest BCUT2D eigenvalue weighted by Gasteiger charge is -2.35. The van der Waals surface area contributed by atoms with Crippen molar-refractivity contribution in [2.75, 3.05) is 20.1 Å². The summed E-state index contributed by atoms with van der Waals surface area (Å²) < 4.78 is 47.3. The van der Waals surface area contributed by atoms with E-state index >= 15 is 0 Å². The van der Waals surface area contributed by atoms with E-state index in [1.54, 1.807) is 12.1 Å². The molecule has 40 heavy (non-hydrogen) atoms. The summed E-state index contributed by atoms with van der Waals surface area (Å²) in [5.74, 6) is 0.987. The van der Waals surface area contributed by atoms with Gasteiger partial charge < -0.3 is 9.64 Å². The first-order chi connectivity index (χ1) is 18.9. The van der Waals surface area contributed by atoms with Gasteiger partial charge in [-0.25, -0.2) is 14.8 Å². The maximum atomic E-state index is 12.9. The summed E-state index contributed by atoms with van der Waals surface area (Å²) in [7, 11) is 2.09. The van der Waals surface area contributed by atoms with Crippen molar-refractivity contribution >= 4 is 33.2 Å². The predicted molar refractivity (Wildman–Crippen MR) is 148 cm³/mol. The second-order valence-corrected chi connectivity index (χ2v) is 11.8. The molecular formula is C27H27ClF3N5O3S. The number of aryl methyl sites for hydroxylation is 1. The summed E-state index contributed by atoms with van der Waals surface area (Å²) in [4.78, 5) is 36.9. The fourth-order valence-electron chi connectivity index (χ4n) is 5.07. The molecule has 5 rings (SSSR count). The first kappa shape index (κ1) is 28.3. The average Bonchev–Trinajstić information content (AvgIpc) is 3.28. The van der Waals surface area contributed by atoms with Crippen LogP contribution in [0.4, 0.5) is 13.2 Å². The van der Waals surface area contributed by atoms with Crippen molar-refractivity contribution in [2.45, 2.75) is 45.6 Å². The van der Waals surface area contributed by atoms with E-state index in [1.165, 1.54) is 17.7 Å². The summed E-state index contributed by atoms with van der Waals surface area (Å²) >= 11 is 7.72. The van der Waals surface area contributed by atoms with Crippen LogP contribution in [0.25, 0.3) is 21.5 Å². The van der Waals surface area contributed by atoms with Gasteiger partial charge in [0.2, 0.25) is 0 Å². The highest BCUT2D eigenvalue weighted by molar-refractivity contribution is 7.19. The van der Waals surface area contributed by atoms with Crippen LogP contribution in [0.2, 0.25) is 5.02 Å². The Labute approximate surface area is 236 Å². The number of piperidine rings is 1. The topological polar surface area (TPSA) is 82.2 Å². The van der Waals surface area contributed by atoms with E-state index in [0.29, 0.717) is 47.6 Å². The Balaban J connectivity index is 1.54. The molecule has 1 aliphatic heterocycles. The van der Waals surface area contributed by atoms with Crippen molar-refractivity contribution in [3.05, 3.63) is 73.1 Å². The zero-order chi connectivity index (χ0) is 28.8. The molecule has 0 radical (unpaired) electrons. The Kier molecular flexibility index (Phi) is 7.77. The maximum Gasteiger partial charge on any atom is 0.406 e. The van der Waals surface area contributed by atoms with Crippen LogP contribution in [0, 0.1) is 12.8 Å². The molecule has 0 aliphatic carbocycles. The lowest BCUT2D eigenvalue weighted by atomic mass is 9.96. The Morgan fingerprint density at radius 2 is 1.98 bits per heavy atom. The highest BCUT2D eigenvalue weighted by Crippen LogP contribution is 2.41. The molecule has 0 bridgehead atoms. The third-order valence-corrected chi connectivity index (χ3v) is 8.29. The molecule has 0 amide bonds. The molecule has 0 N–H and O–H groups in total. The van der Waals surface area contributed by atoms with Gasteiger partial charge in [0.15, 0.2) is 0 Å². The molecule has 1 fully saturated rings. The van der Waals surface area contributed by atoms with Crippen molar-refractivity contribution in [3.63, 3.8) is 0 Å². The lowest BCUT2D eigenvalue weighted by Crippen LogP contribution is -2.42. The van der Waals surface area contributed by atoms with E-state index in [-0.39, 0.29) is 12.6 Å². The van der Waals surface area contributed by atoms with Gasteiger partial charge in [0.05, 0.1) is 22.5 Å². The first-order valence-electron chi connectivity index (χ1n) is 12.7. The van der Waals surface area contributed by atoms with E-state index in [9.17, 15) is 22.8 Å². The summed E-state index contributed by atoms with van der Waals surface area (Å²) in [5.41, 5.74) is 0.972. The van der Waals surface area contributed by atoms with Crippen LogP contribution in [-0.4, -0.2) is 56.4 Å². The summed E-state index contributed by atoms with van der Waals surface area (Å²) in [6, 6.07) is 6.29. The number of nitrogens with zero attached hydrogens (tertiary/aromatic N) is 5. The van der Waals surface area contributed by atoms with Crippen LogP contribution >= 0.6 is 22.9 Å². The number of fused-ring (bicyclic) bond motifs is 1. The van der Waals surface area contributed by atoms with Gasteiger partial charge >= 0.3 is 11.9 Å². The summed E-state index contributed by atoms with van der Waals surface area (Å²) in [6.45, 7) is 4.24. The molecule has 0 saturated carbocycles. The number of hydrogen-bond acceptors (Lipinski definition) is 7. The van der Waals surface area contributed by atoms with Gasteiger partial charge in [0, 0.05) is 46.7 Å². The number of likely N-dealkylation sites (tertiary alicyclic amines) is 1. The highest BCUT2D eigenvalue weighted by Gasteiger charge is 2.30. The molecule has 2 atom stereocenters. The lowest BCUT2D eigenvalue weighted by molar-refractivity contribution is -0.141. The van der Waals surface area contributed by atoms with Crippen LogP contribution in [0.15, 0.2) is 46.4 Å². The first-order valence-corrected chi connectivity index (χ1v) is 13.8. The van der Waals surface area contributed by atoms with E-state index in [4.69, 9.17) is 16.3 Å². The van der Waals surface area contributed by atoms with Gasteiger partial charge in [-0.15, -0.1) is 11.3 Å². The zero-order valence-corrected chi connectivity index (χ0v) is 23.6. The molecule has 0 spiro atoms. The Morgan fingerprint density at radius 3 is 2.70 bits per heavy atom. The molecule has 1 aromatic carbocycles. The summed E-state index contributed by atoms with van der Waals surface area (Å²) in [6.07, 6.45) is -1.45. The molecule has 1 aliphatic rings. The smallest absolute Gasteiger partial charge is 0.406 e. The molecular weight excluding hydrogens is 567 g/mol. The van der Waals surface area contributed by atoms with E-state index in [0.717, 1.165) is 41.9 Å². The van der Waals surface area contributed by atoms with Crippen LogP contribution in [0.3, 0.4) is 0 Å². The van der Waals surface area contributed by atoms with Crippen LogP contribution in [0.5, 0.6) is 5.75 Å². The van der Waals surface area contributed by atoms with Gasteiger partial charge in [-0.05, 0) is 44.2 Å². The number of aromatic nitrogens is 4. The molecule has 3 aromatic heterocycles. The summed E-state index contributed by atoms with van der Waals surface area (Å²) in [5, 5.41) is 0.515. The number of benzene rings is 1. The third kappa shape index (κ3) is 5.93. The molecule has 13 heteroatoms. The number of ether oxygens (including phenoxy) is 1. The van der Waals surface area contributed by atoms with Crippen molar-refractivity contribution < 1.29 is 17.9 Å². The minimum Gasteiger partial charge on any atom is -0.489 e. The fraction of sp³-hybridized carbons (Fsp3) is 0.407. The van der Waals surface area contributed by atoms with E-state index in [1.807, 2.05) is 13.0 Å². The van der Waals surface area contributed by atoms with Crippen LogP contribution < -0.4 is 16.0 Å². The molecule has 4 aromatic rings. The Hall–Kier alpha value is -3.22. The van der Waals surface area contributed by atoms with Crippen LogP contribution in [0.1, 0.15) is 23.8 Å². The molecule has 1 saturated heterocycles. The molecule has 4 heterocycles. The largest absolute Gasteiger partial charge is 0.489 e. The van der Waals surface area contributed by atoms with Gasteiger partial charge in [0.1, 0.15) is 24.7 Å². The third-order valence-electron chi connectivity index (χ3n) is 6.96. The number of thiophene rings is 1. The second kappa shape index (κ2) is 11.0. The Bertz CT molecular complexity index is 1680. The zero-order valence-electron chi connectivity index (χ0n) is 22.0. The van der Waals surface area contributed by atoms with Crippen molar-refractivity contribution in [1.82, 2.24) is 24.0 Å². The number of hydrogen-bond donors (Lipinski definition) is 0. The van der Waals surface area contributed by atoms with Crippen molar-refractivity contribution in [1.29, 1.82) is 0 Å². The minimum absolute atomic E-state index is 0.00914. The monoisotopic (exact) mass is 593 g/mol. The molecule has 212 valence electrons. The quantitative estimate of drug-likeness (QED) is 0.314. The number of halogens is 4. The van der Waals surface area contributed by atoms with Crippen LogP contribution in [-0.2, 0) is 13.1 Å². The van der Waals surface area contributed by atoms with Crippen molar-refractivity contribution in [3.8, 4) is 17.0 Å². The minimum atomic E-state index is -4.60. The normalized spacial score (nSPS) is 18.4. The number of rotatable bonds is 6. The van der Waals surface area contributed by atoms with E-state index in [2.05, 4.69) is 28.8 Å². The predicted octanol–water partition coefficient (Wildman–Crippen LogP) is 4.97. The van der Waals surface area contributed by atoms with Gasteiger partial charge in [0.25, 0.3) is 5.56 Å². The van der Waals surface area contributed by atoms with Gasteiger partial charge in [-0.3, -0.25) is 13.9 Å². The standard InChI is InChI=1S/C27H27ClF3N5O3S/c1-15-8-17(28)9-19(24(15)39-21-4-6-34(3)11-16(21)2)23-25-20(32-14-33-23)10-18(40-25)12-36-22(37)5-7-35(26(36)38)13-27(29,30)31/h5,7-10,14,16,21H,4,6,11-13H2,1-3H3/t16-,21+/m0/s1. The van der Waals surface area contributed by atoms with Crippen molar-refractivity contribution in [2.24, 2.45) is 5.92 Å². The Morgan fingerprint density at radius 1 is 1.20 bits per heavy atom. The fourth-order valence-corrected chi connectivity index (χ4v) is 6.44. The maximum absolute atomic E-state index is 12.9. The average molecular weight is 594 g/mol. The molecule has 8 nitrogen and oxygen atoms in total. The highest BCUT2D eigenvalue weighted by atomic mass is 35.5. The second-order valence-electron chi connectivity index (χ2n) is 10.2. The number of alkyl halides is 3. The SMILES string of the molecule is Cc1cc(Cl)cc(-c2ncnc3cc(Cn4c(=O)ccn(CC(F)(F)F)c4=O)sc23)c1O[C@@H]1CCN(C)C[C@@H]1C. The van der Waals surface area contributed by atoms with E-state index < -0.39 is 24.0 Å². The molecule has 0 unspecified atom stereocenters.